The largest absolute Gasteiger partial charge is 0.549 e. The fourth-order valence-electron chi connectivity index (χ4n) is 1.34. The van der Waals surface area contributed by atoms with Gasteiger partial charge >= 0.3 is 12.1 Å². The van der Waals surface area contributed by atoms with Crippen LogP contribution in [0, 0.1) is 16.0 Å². The lowest BCUT2D eigenvalue weighted by atomic mass is 10.1. The summed E-state index contributed by atoms with van der Waals surface area (Å²) in [5.74, 6) is -6.90. The van der Waals surface area contributed by atoms with Gasteiger partial charge in [-0.15, -0.1) is 0 Å². The summed E-state index contributed by atoms with van der Waals surface area (Å²) >= 11 is 0. The maximum absolute atomic E-state index is 12.3. The minimum atomic E-state index is -5.16. The second-order valence-corrected chi connectivity index (χ2v) is 3.79. The summed E-state index contributed by atoms with van der Waals surface area (Å²) in [5.41, 5.74) is -1.25. The Hall–Kier alpha value is -2.65. The molecule has 0 aromatic heterocycles. The number of carbonyl (C=O) groups is 2. The molecule has 1 aromatic rings. The fraction of sp³-hybridized carbons (Fsp3) is 0.273. The van der Waals surface area contributed by atoms with Gasteiger partial charge < -0.3 is 14.6 Å². The molecule has 0 saturated heterocycles. The Labute approximate surface area is 115 Å². The van der Waals surface area contributed by atoms with E-state index in [0.29, 0.717) is 0 Å². The Morgan fingerprint density at radius 2 is 1.86 bits per heavy atom. The molecule has 1 unspecified atom stereocenters. The molecule has 0 radical (unpaired) electrons. The van der Waals surface area contributed by atoms with Crippen molar-refractivity contribution in [2.24, 2.45) is 5.92 Å². The number of benzene rings is 1. The third-order valence-electron chi connectivity index (χ3n) is 2.38. The quantitative estimate of drug-likeness (QED) is 0.449. The first-order chi connectivity index (χ1) is 9.64. The smallest absolute Gasteiger partial charge is 0.400 e. The lowest BCUT2D eigenvalue weighted by molar-refractivity contribution is -0.385. The number of ether oxygens (including phenoxy) is 1. The van der Waals surface area contributed by atoms with Gasteiger partial charge in [0.05, 0.1) is 10.9 Å². The predicted octanol–water partition coefficient (Wildman–Crippen LogP) is 0.680. The lowest BCUT2D eigenvalue weighted by Gasteiger charge is -2.20. The first-order valence-corrected chi connectivity index (χ1v) is 5.32. The SMILES string of the molecule is O=C(OCC(C(=O)[O-])C(F)(F)F)c1ccccc1[N+](=O)[O-]. The maximum atomic E-state index is 12.3. The van der Waals surface area contributed by atoms with E-state index in [-0.39, 0.29) is 0 Å². The normalized spacial score (nSPS) is 12.5. The molecule has 0 amide bonds. The van der Waals surface area contributed by atoms with E-state index in [1.807, 2.05) is 0 Å². The average Bonchev–Trinajstić information content (AvgIpc) is 2.36. The van der Waals surface area contributed by atoms with Gasteiger partial charge in [-0.2, -0.15) is 13.2 Å². The summed E-state index contributed by atoms with van der Waals surface area (Å²) in [4.78, 5) is 31.6. The molecule has 114 valence electrons. The molecule has 7 nitrogen and oxygen atoms in total. The summed E-state index contributed by atoms with van der Waals surface area (Å²) in [5, 5.41) is 21.0. The van der Waals surface area contributed by atoms with Crippen LogP contribution in [-0.4, -0.2) is 29.6 Å². The summed E-state index contributed by atoms with van der Waals surface area (Å²) in [6, 6.07) is 4.41. The van der Waals surface area contributed by atoms with E-state index in [1.54, 1.807) is 0 Å². The van der Waals surface area contributed by atoms with E-state index in [9.17, 15) is 38.0 Å². The van der Waals surface area contributed by atoms with Crippen LogP contribution in [0.1, 0.15) is 10.4 Å². The summed E-state index contributed by atoms with van der Waals surface area (Å²) in [6.07, 6.45) is -5.16. The third-order valence-corrected chi connectivity index (χ3v) is 2.38. The second-order valence-electron chi connectivity index (χ2n) is 3.79. The zero-order valence-corrected chi connectivity index (χ0v) is 10.1. The molecule has 0 aliphatic rings. The number of para-hydroxylation sites is 1. The van der Waals surface area contributed by atoms with Gasteiger partial charge in [0.2, 0.25) is 0 Å². The van der Waals surface area contributed by atoms with Gasteiger partial charge in [-0.1, -0.05) is 12.1 Å². The fourth-order valence-corrected chi connectivity index (χ4v) is 1.34. The molecule has 0 bridgehead atoms. The van der Waals surface area contributed by atoms with Gasteiger partial charge in [0, 0.05) is 6.07 Å². The van der Waals surface area contributed by atoms with E-state index >= 15 is 0 Å². The summed E-state index contributed by atoms with van der Waals surface area (Å²) < 4.78 is 41.1. The number of rotatable bonds is 5. The highest BCUT2D eigenvalue weighted by molar-refractivity contribution is 5.93. The molecule has 0 spiro atoms. The van der Waals surface area contributed by atoms with Crippen molar-refractivity contribution in [1.29, 1.82) is 0 Å². The molecule has 21 heavy (non-hydrogen) atoms. The molecule has 0 saturated carbocycles. The zero-order valence-electron chi connectivity index (χ0n) is 10.1. The van der Waals surface area contributed by atoms with Crippen molar-refractivity contribution in [3.05, 3.63) is 39.9 Å². The Morgan fingerprint density at radius 3 is 2.33 bits per heavy atom. The highest BCUT2D eigenvalue weighted by Crippen LogP contribution is 2.27. The summed E-state index contributed by atoms with van der Waals surface area (Å²) in [6.45, 7) is -1.53. The van der Waals surface area contributed by atoms with E-state index in [2.05, 4.69) is 4.74 Å². The van der Waals surface area contributed by atoms with Crippen molar-refractivity contribution in [2.45, 2.75) is 6.18 Å². The Kier molecular flexibility index (Phi) is 4.84. The van der Waals surface area contributed by atoms with Crippen LogP contribution in [0.3, 0.4) is 0 Å². The topological polar surface area (TPSA) is 110 Å². The van der Waals surface area contributed by atoms with Crippen LogP contribution in [0.2, 0.25) is 0 Å². The second kappa shape index (κ2) is 6.20. The number of halogens is 3. The van der Waals surface area contributed by atoms with E-state index in [0.717, 1.165) is 12.1 Å². The summed E-state index contributed by atoms with van der Waals surface area (Å²) in [7, 11) is 0. The van der Waals surface area contributed by atoms with Crippen LogP contribution in [0.4, 0.5) is 18.9 Å². The van der Waals surface area contributed by atoms with Gasteiger partial charge in [0.25, 0.3) is 5.69 Å². The highest BCUT2D eigenvalue weighted by Gasteiger charge is 2.42. The minimum absolute atomic E-state index is 0.582. The highest BCUT2D eigenvalue weighted by atomic mass is 19.4. The molecular weight excluding hydrogens is 299 g/mol. The monoisotopic (exact) mass is 306 g/mol. The Balaban J connectivity index is 2.88. The van der Waals surface area contributed by atoms with Gasteiger partial charge in [-0.05, 0) is 6.07 Å². The molecule has 0 heterocycles. The number of nitrogens with zero attached hydrogens (tertiary/aromatic N) is 1. The van der Waals surface area contributed by atoms with Crippen LogP contribution in [0.5, 0.6) is 0 Å². The lowest BCUT2D eigenvalue weighted by Crippen LogP contribution is -2.43. The molecule has 0 aliphatic carbocycles. The van der Waals surface area contributed by atoms with E-state index in [4.69, 9.17) is 0 Å². The Bertz CT molecular complexity index is 571. The number of alkyl halides is 3. The third kappa shape index (κ3) is 4.16. The van der Waals surface area contributed by atoms with Gasteiger partial charge in [-0.25, -0.2) is 4.79 Å². The molecule has 1 rings (SSSR count). The van der Waals surface area contributed by atoms with E-state index in [1.165, 1.54) is 12.1 Å². The standard InChI is InChI=1S/C11H8F3NO6/c12-11(13,14)7(9(16)17)5-21-10(18)6-3-1-2-4-8(6)15(19)20/h1-4,7H,5H2,(H,16,17)/p-1. The molecule has 0 N–H and O–H groups in total. The van der Waals surface area contributed by atoms with Crippen LogP contribution in [0.25, 0.3) is 0 Å². The number of nitro groups is 1. The van der Waals surface area contributed by atoms with Crippen LogP contribution < -0.4 is 5.11 Å². The van der Waals surface area contributed by atoms with E-state index < -0.39 is 46.8 Å². The number of aliphatic carboxylic acids is 1. The van der Waals surface area contributed by atoms with Crippen LogP contribution in [0.15, 0.2) is 24.3 Å². The number of carboxylic acids is 1. The van der Waals surface area contributed by atoms with Crippen molar-refractivity contribution in [1.82, 2.24) is 0 Å². The predicted molar refractivity (Wildman–Crippen MR) is 57.9 cm³/mol. The molecule has 1 atom stereocenters. The number of carbonyl (C=O) groups excluding carboxylic acids is 2. The number of carboxylic acid groups (broad SMARTS) is 1. The number of nitro benzene ring substituents is 1. The molecule has 0 fully saturated rings. The van der Waals surface area contributed by atoms with Crippen molar-refractivity contribution in [3.63, 3.8) is 0 Å². The first kappa shape index (κ1) is 16.4. The minimum Gasteiger partial charge on any atom is -0.549 e. The zero-order chi connectivity index (χ0) is 16.2. The number of hydrogen-bond acceptors (Lipinski definition) is 6. The molecule has 0 aliphatic heterocycles. The number of hydrogen-bond donors (Lipinski definition) is 0. The molecule has 1 aromatic carbocycles. The van der Waals surface area contributed by atoms with Gasteiger partial charge in [-0.3, -0.25) is 10.1 Å². The average molecular weight is 306 g/mol. The molecular formula is C11H7F3NO6-. The Morgan fingerprint density at radius 1 is 1.29 bits per heavy atom. The molecule has 10 heteroatoms. The number of esters is 1. The van der Waals surface area contributed by atoms with Crippen molar-refractivity contribution >= 4 is 17.6 Å². The first-order valence-electron chi connectivity index (χ1n) is 5.32. The van der Waals surface area contributed by atoms with Crippen molar-refractivity contribution in [3.8, 4) is 0 Å². The van der Waals surface area contributed by atoms with Gasteiger partial charge in [0.1, 0.15) is 18.1 Å². The van der Waals surface area contributed by atoms with Crippen LogP contribution >= 0.6 is 0 Å². The van der Waals surface area contributed by atoms with Crippen molar-refractivity contribution < 1.29 is 37.5 Å². The van der Waals surface area contributed by atoms with Crippen LogP contribution in [-0.2, 0) is 9.53 Å². The van der Waals surface area contributed by atoms with Gasteiger partial charge in [0.15, 0.2) is 0 Å². The van der Waals surface area contributed by atoms with Crippen molar-refractivity contribution in [2.75, 3.05) is 6.61 Å². The maximum Gasteiger partial charge on any atom is 0.400 e.